The largest absolute Gasteiger partial charge is 0.376 e. The van der Waals surface area contributed by atoms with Crippen molar-refractivity contribution in [2.75, 3.05) is 19.7 Å². The Morgan fingerprint density at radius 3 is 3.12 bits per heavy atom. The Kier molecular flexibility index (Phi) is 4.34. The van der Waals surface area contributed by atoms with Gasteiger partial charge in [-0.3, -0.25) is 0 Å². The molecule has 5 heteroatoms. The molecule has 0 bridgehead atoms. The molecule has 1 aromatic carbocycles. The molecule has 0 amide bonds. The van der Waals surface area contributed by atoms with Gasteiger partial charge in [-0.15, -0.1) is 0 Å². The maximum Gasteiger partial charge on any atom is 0.128 e. The first-order valence-electron chi connectivity index (χ1n) is 5.69. The summed E-state index contributed by atoms with van der Waals surface area (Å²) in [4.78, 5) is 0. The molecule has 1 aliphatic rings. The zero-order chi connectivity index (χ0) is 12.3. The van der Waals surface area contributed by atoms with Crippen LogP contribution in [0.2, 0.25) is 5.02 Å². The van der Waals surface area contributed by atoms with E-state index in [-0.39, 0.29) is 11.9 Å². The molecule has 1 saturated heterocycles. The van der Waals surface area contributed by atoms with E-state index in [0.29, 0.717) is 23.6 Å². The number of hydrogen-bond acceptors (Lipinski definition) is 3. The fourth-order valence-corrected chi connectivity index (χ4v) is 2.16. The lowest BCUT2D eigenvalue weighted by Gasteiger charge is -2.26. The summed E-state index contributed by atoms with van der Waals surface area (Å²) in [6.45, 7) is 2.29. The molecule has 1 aromatic rings. The number of morpholine rings is 1. The number of rotatable bonds is 3. The van der Waals surface area contributed by atoms with Crippen LogP contribution < -0.4 is 11.1 Å². The van der Waals surface area contributed by atoms with Gasteiger partial charge >= 0.3 is 0 Å². The Hall–Kier alpha value is -0.680. The molecule has 0 radical (unpaired) electrons. The molecule has 1 fully saturated rings. The van der Waals surface area contributed by atoms with Crippen molar-refractivity contribution in [3.63, 3.8) is 0 Å². The quantitative estimate of drug-likeness (QED) is 0.870. The van der Waals surface area contributed by atoms with Crippen LogP contribution in [-0.2, 0) is 4.74 Å². The molecular formula is C12H16ClFN2O. The zero-order valence-corrected chi connectivity index (χ0v) is 10.2. The monoisotopic (exact) mass is 258 g/mol. The van der Waals surface area contributed by atoms with Crippen molar-refractivity contribution in [2.45, 2.75) is 18.6 Å². The molecule has 1 aliphatic heterocycles. The van der Waals surface area contributed by atoms with E-state index in [0.717, 1.165) is 13.1 Å². The third kappa shape index (κ3) is 3.39. The lowest BCUT2D eigenvalue weighted by atomic mass is 10.0. The smallest absolute Gasteiger partial charge is 0.128 e. The predicted octanol–water partition coefficient (Wildman–Crippen LogP) is 1.86. The molecule has 0 aliphatic carbocycles. The fraction of sp³-hybridized carbons (Fsp3) is 0.500. The molecule has 2 atom stereocenters. The second kappa shape index (κ2) is 5.78. The Labute approximate surface area is 105 Å². The zero-order valence-electron chi connectivity index (χ0n) is 9.46. The first kappa shape index (κ1) is 12.8. The highest BCUT2D eigenvalue weighted by Crippen LogP contribution is 2.23. The highest BCUT2D eigenvalue weighted by molar-refractivity contribution is 6.30. The second-order valence-electron chi connectivity index (χ2n) is 4.20. The topological polar surface area (TPSA) is 47.3 Å². The van der Waals surface area contributed by atoms with E-state index < -0.39 is 6.04 Å². The average molecular weight is 259 g/mol. The predicted molar refractivity (Wildman–Crippen MR) is 65.6 cm³/mol. The Morgan fingerprint density at radius 1 is 1.59 bits per heavy atom. The van der Waals surface area contributed by atoms with Crippen molar-refractivity contribution in [2.24, 2.45) is 5.73 Å². The van der Waals surface area contributed by atoms with Crippen LogP contribution in [0.15, 0.2) is 18.2 Å². The molecule has 3 nitrogen and oxygen atoms in total. The number of benzene rings is 1. The Balaban J connectivity index is 2.02. The van der Waals surface area contributed by atoms with E-state index in [9.17, 15) is 4.39 Å². The van der Waals surface area contributed by atoms with Gasteiger partial charge in [0, 0.05) is 29.7 Å². The Bertz CT molecular complexity index is 383. The van der Waals surface area contributed by atoms with E-state index >= 15 is 0 Å². The summed E-state index contributed by atoms with van der Waals surface area (Å²) < 4.78 is 19.1. The minimum atomic E-state index is -0.390. The molecule has 2 rings (SSSR count). The van der Waals surface area contributed by atoms with Crippen LogP contribution in [0.3, 0.4) is 0 Å². The lowest BCUT2D eigenvalue weighted by molar-refractivity contribution is 0.0193. The van der Waals surface area contributed by atoms with E-state index in [1.807, 2.05) is 0 Å². The summed E-state index contributed by atoms with van der Waals surface area (Å²) >= 11 is 5.84. The van der Waals surface area contributed by atoms with E-state index in [1.165, 1.54) is 12.1 Å². The number of nitrogens with one attached hydrogen (secondary N) is 1. The van der Waals surface area contributed by atoms with Gasteiger partial charge in [0.1, 0.15) is 5.82 Å². The van der Waals surface area contributed by atoms with Crippen LogP contribution in [0, 0.1) is 5.82 Å². The summed E-state index contributed by atoms with van der Waals surface area (Å²) in [5.74, 6) is -0.314. The highest BCUT2D eigenvalue weighted by Gasteiger charge is 2.20. The first-order chi connectivity index (χ1) is 8.16. The minimum absolute atomic E-state index is 0.0390. The first-order valence-corrected chi connectivity index (χ1v) is 6.07. The maximum absolute atomic E-state index is 13.6. The van der Waals surface area contributed by atoms with Crippen molar-refractivity contribution in [3.05, 3.63) is 34.6 Å². The van der Waals surface area contributed by atoms with Crippen LogP contribution in [0.25, 0.3) is 0 Å². The van der Waals surface area contributed by atoms with Crippen molar-refractivity contribution < 1.29 is 9.13 Å². The molecule has 3 N–H and O–H groups in total. The van der Waals surface area contributed by atoms with Gasteiger partial charge in [0.05, 0.1) is 12.7 Å². The van der Waals surface area contributed by atoms with E-state index in [2.05, 4.69) is 5.32 Å². The molecular weight excluding hydrogens is 243 g/mol. The van der Waals surface area contributed by atoms with Gasteiger partial charge in [-0.05, 0) is 24.6 Å². The van der Waals surface area contributed by atoms with E-state index in [4.69, 9.17) is 22.1 Å². The number of halogens is 2. The SMILES string of the molecule is NC(CC1CNCCO1)c1cc(Cl)ccc1F. The third-order valence-electron chi connectivity index (χ3n) is 2.88. The fourth-order valence-electron chi connectivity index (χ4n) is 1.98. The van der Waals surface area contributed by atoms with Crippen molar-refractivity contribution in [1.29, 1.82) is 0 Å². The van der Waals surface area contributed by atoms with Crippen molar-refractivity contribution in [1.82, 2.24) is 5.32 Å². The lowest BCUT2D eigenvalue weighted by Crippen LogP contribution is -2.40. The maximum atomic E-state index is 13.6. The molecule has 2 unspecified atom stereocenters. The Morgan fingerprint density at radius 2 is 2.41 bits per heavy atom. The summed E-state index contributed by atoms with van der Waals surface area (Å²) in [5.41, 5.74) is 6.44. The van der Waals surface area contributed by atoms with Gasteiger partial charge in [-0.2, -0.15) is 0 Å². The van der Waals surface area contributed by atoms with Gasteiger partial charge in [0.2, 0.25) is 0 Å². The van der Waals surface area contributed by atoms with Crippen LogP contribution in [-0.4, -0.2) is 25.8 Å². The van der Waals surface area contributed by atoms with Gasteiger partial charge in [-0.1, -0.05) is 11.6 Å². The molecule has 94 valence electrons. The van der Waals surface area contributed by atoms with Crippen LogP contribution in [0.1, 0.15) is 18.0 Å². The summed E-state index contributed by atoms with van der Waals surface area (Å²) in [6, 6.07) is 4.06. The standard InChI is InChI=1S/C12H16ClFN2O/c13-8-1-2-11(14)10(5-8)12(15)6-9-7-16-3-4-17-9/h1-2,5,9,12,16H,3-4,6-7,15H2. The summed E-state index contributed by atoms with van der Waals surface area (Å²) in [7, 11) is 0. The van der Waals surface area contributed by atoms with Crippen LogP contribution in [0.5, 0.6) is 0 Å². The van der Waals surface area contributed by atoms with E-state index in [1.54, 1.807) is 6.07 Å². The second-order valence-corrected chi connectivity index (χ2v) is 4.64. The van der Waals surface area contributed by atoms with Gasteiger partial charge in [-0.25, -0.2) is 4.39 Å². The summed E-state index contributed by atoms with van der Waals surface area (Å²) in [5, 5.41) is 3.72. The molecule has 1 heterocycles. The minimum Gasteiger partial charge on any atom is -0.376 e. The number of ether oxygens (including phenoxy) is 1. The average Bonchev–Trinajstić information content (AvgIpc) is 2.33. The van der Waals surface area contributed by atoms with Crippen molar-refractivity contribution in [3.8, 4) is 0 Å². The number of hydrogen-bond donors (Lipinski definition) is 2. The molecule has 0 saturated carbocycles. The molecule has 0 spiro atoms. The molecule has 0 aromatic heterocycles. The van der Waals surface area contributed by atoms with Gasteiger partial charge in [0.25, 0.3) is 0 Å². The molecule has 17 heavy (non-hydrogen) atoms. The highest BCUT2D eigenvalue weighted by atomic mass is 35.5. The van der Waals surface area contributed by atoms with Crippen LogP contribution >= 0.6 is 11.6 Å². The normalized spacial score (nSPS) is 22.4. The van der Waals surface area contributed by atoms with Crippen LogP contribution in [0.4, 0.5) is 4.39 Å². The number of nitrogens with two attached hydrogens (primary N) is 1. The van der Waals surface area contributed by atoms with Gasteiger partial charge < -0.3 is 15.8 Å². The third-order valence-corrected chi connectivity index (χ3v) is 3.11. The van der Waals surface area contributed by atoms with Gasteiger partial charge in [0.15, 0.2) is 0 Å². The summed E-state index contributed by atoms with van der Waals surface area (Å²) in [6.07, 6.45) is 0.627. The van der Waals surface area contributed by atoms with Crippen molar-refractivity contribution >= 4 is 11.6 Å².